The van der Waals surface area contributed by atoms with Gasteiger partial charge < -0.3 is 0 Å². The quantitative estimate of drug-likeness (QED) is 0.789. The van der Waals surface area contributed by atoms with Gasteiger partial charge in [0.15, 0.2) is 0 Å². The van der Waals surface area contributed by atoms with Gasteiger partial charge in [-0.25, -0.2) is 22.3 Å². The van der Waals surface area contributed by atoms with Gasteiger partial charge in [0, 0.05) is 35.3 Å². The number of aromatic nitrogens is 2. The Bertz CT molecular complexity index is 1010. The van der Waals surface area contributed by atoms with E-state index < -0.39 is 26.6 Å². The fourth-order valence-electron chi connectivity index (χ4n) is 2.31. The Morgan fingerprint density at radius 3 is 2.38 bits per heavy atom. The van der Waals surface area contributed by atoms with Crippen LogP contribution in [-0.2, 0) is 10.0 Å². The number of sulfonamides is 1. The molecule has 3 aromatic rings. The molecule has 0 aliphatic carbocycles. The highest BCUT2D eigenvalue weighted by molar-refractivity contribution is 7.89. The zero-order valence-electron chi connectivity index (χ0n) is 12.1. The summed E-state index contributed by atoms with van der Waals surface area (Å²) in [6.07, 6.45) is 4.63. The summed E-state index contributed by atoms with van der Waals surface area (Å²) in [6, 6.07) is 7.91. The number of nitrogens with zero attached hydrogens (tertiary/aromatic N) is 2. The third-order valence-corrected chi connectivity index (χ3v) is 4.29. The lowest BCUT2D eigenvalue weighted by Gasteiger charge is -2.11. The van der Waals surface area contributed by atoms with Crippen LogP contribution >= 0.6 is 0 Å². The van der Waals surface area contributed by atoms with E-state index in [1.54, 1.807) is 36.7 Å². The van der Waals surface area contributed by atoms with Crippen LogP contribution < -0.4 is 5.14 Å². The van der Waals surface area contributed by atoms with Gasteiger partial charge in [0.25, 0.3) is 0 Å². The van der Waals surface area contributed by atoms with Crippen molar-refractivity contribution in [2.45, 2.75) is 4.90 Å². The summed E-state index contributed by atoms with van der Waals surface area (Å²) >= 11 is 0. The molecule has 0 fully saturated rings. The molecule has 2 heterocycles. The third kappa shape index (κ3) is 3.01. The smallest absolute Gasteiger partial charge is 0.241 e. The van der Waals surface area contributed by atoms with Crippen molar-refractivity contribution in [3.63, 3.8) is 0 Å². The molecular formula is C16H11F2N3O2S. The van der Waals surface area contributed by atoms with Gasteiger partial charge >= 0.3 is 0 Å². The summed E-state index contributed by atoms with van der Waals surface area (Å²) in [5, 5.41) is 4.88. The highest BCUT2D eigenvalue weighted by Crippen LogP contribution is 2.33. The van der Waals surface area contributed by atoms with E-state index in [4.69, 9.17) is 5.14 Å². The first-order chi connectivity index (χ1) is 11.4. The Morgan fingerprint density at radius 2 is 1.71 bits per heavy atom. The minimum absolute atomic E-state index is 0.119. The average Bonchev–Trinajstić information content (AvgIpc) is 2.56. The van der Waals surface area contributed by atoms with Crippen LogP contribution in [0.5, 0.6) is 0 Å². The highest BCUT2D eigenvalue weighted by Gasteiger charge is 2.20. The van der Waals surface area contributed by atoms with E-state index >= 15 is 0 Å². The largest absolute Gasteiger partial charge is 0.264 e. The molecule has 0 aliphatic rings. The second-order valence-electron chi connectivity index (χ2n) is 4.95. The fraction of sp³-hybridized carbons (Fsp3) is 0. The van der Waals surface area contributed by atoms with Gasteiger partial charge in [-0.3, -0.25) is 9.97 Å². The SMILES string of the molecule is NS(=O)(=O)c1cc(F)c(-c2cccnc2-c2cccnc2)cc1F. The van der Waals surface area contributed by atoms with Gasteiger partial charge in [-0.05, 0) is 30.3 Å². The van der Waals surface area contributed by atoms with Crippen LogP contribution in [0.2, 0.25) is 0 Å². The highest BCUT2D eigenvalue weighted by atomic mass is 32.2. The number of halogens is 2. The summed E-state index contributed by atoms with van der Waals surface area (Å²) < 4.78 is 51.1. The van der Waals surface area contributed by atoms with Crippen molar-refractivity contribution in [2.75, 3.05) is 0 Å². The molecule has 0 spiro atoms. The number of primary sulfonamides is 1. The number of nitrogens with two attached hydrogens (primary N) is 1. The van der Waals surface area contributed by atoms with E-state index in [0.717, 1.165) is 6.07 Å². The number of hydrogen-bond donors (Lipinski definition) is 1. The minimum atomic E-state index is -4.36. The molecule has 122 valence electrons. The Hall–Kier alpha value is -2.71. The first-order valence-electron chi connectivity index (χ1n) is 6.75. The Balaban J connectivity index is 2.23. The maximum absolute atomic E-state index is 14.4. The summed E-state index contributed by atoms with van der Waals surface area (Å²) in [5.41, 5.74) is 1.20. The van der Waals surface area contributed by atoms with Crippen molar-refractivity contribution < 1.29 is 17.2 Å². The van der Waals surface area contributed by atoms with Crippen LogP contribution in [0.1, 0.15) is 0 Å². The van der Waals surface area contributed by atoms with Gasteiger partial charge in [0.1, 0.15) is 16.5 Å². The molecule has 24 heavy (non-hydrogen) atoms. The van der Waals surface area contributed by atoms with E-state index in [1.807, 2.05) is 0 Å². The van der Waals surface area contributed by atoms with E-state index in [9.17, 15) is 17.2 Å². The number of hydrogen-bond acceptors (Lipinski definition) is 4. The van der Waals surface area contributed by atoms with Gasteiger partial charge in [-0.2, -0.15) is 0 Å². The van der Waals surface area contributed by atoms with Crippen molar-refractivity contribution >= 4 is 10.0 Å². The predicted molar refractivity (Wildman–Crippen MR) is 84.2 cm³/mol. The van der Waals surface area contributed by atoms with Crippen molar-refractivity contribution in [1.82, 2.24) is 9.97 Å². The van der Waals surface area contributed by atoms with Crippen molar-refractivity contribution in [3.8, 4) is 22.4 Å². The summed E-state index contributed by atoms with van der Waals surface area (Å²) in [7, 11) is -4.36. The van der Waals surface area contributed by atoms with Crippen LogP contribution in [0.25, 0.3) is 22.4 Å². The number of benzene rings is 1. The first-order valence-corrected chi connectivity index (χ1v) is 8.30. The summed E-state index contributed by atoms with van der Waals surface area (Å²) in [4.78, 5) is 7.28. The molecule has 0 atom stereocenters. The second-order valence-corrected chi connectivity index (χ2v) is 6.48. The molecule has 3 rings (SSSR count). The molecule has 2 N–H and O–H groups in total. The fourth-order valence-corrected chi connectivity index (χ4v) is 2.91. The van der Waals surface area contributed by atoms with Crippen molar-refractivity contribution in [2.24, 2.45) is 5.14 Å². The standard InChI is InChI=1S/C16H11F2N3O2S/c17-13-8-15(24(19,22)23)14(18)7-12(13)11-4-2-6-21-16(11)10-3-1-5-20-9-10/h1-9H,(H2,19,22,23). The minimum Gasteiger partial charge on any atom is -0.264 e. The van der Waals surface area contributed by atoms with Crippen molar-refractivity contribution in [3.05, 3.63) is 66.6 Å². The molecule has 8 heteroatoms. The molecule has 0 radical (unpaired) electrons. The Morgan fingerprint density at radius 1 is 0.958 bits per heavy atom. The van der Waals surface area contributed by atoms with Gasteiger partial charge in [-0.15, -0.1) is 0 Å². The Kier molecular flexibility index (Phi) is 4.08. The molecule has 5 nitrogen and oxygen atoms in total. The molecule has 0 saturated heterocycles. The summed E-state index contributed by atoms with van der Waals surface area (Å²) in [5.74, 6) is -2.05. The zero-order chi connectivity index (χ0) is 17.3. The van der Waals surface area contributed by atoms with Gasteiger partial charge in [0.2, 0.25) is 10.0 Å². The molecule has 0 saturated carbocycles. The lowest BCUT2D eigenvalue weighted by Crippen LogP contribution is -2.14. The van der Waals surface area contributed by atoms with E-state index in [0.29, 0.717) is 22.9 Å². The summed E-state index contributed by atoms with van der Waals surface area (Å²) in [6.45, 7) is 0. The lowest BCUT2D eigenvalue weighted by molar-refractivity contribution is 0.555. The molecule has 0 amide bonds. The number of pyridine rings is 2. The van der Waals surface area contributed by atoms with E-state index in [-0.39, 0.29) is 5.56 Å². The van der Waals surface area contributed by atoms with Crippen LogP contribution in [0, 0.1) is 11.6 Å². The lowest BCUT2D eigenvalue weighted by atomic mass is 10.00. The molecular weight excluding hydrogens is 336 g/mol. The molecule has 1 aromatic carbocycles. The Labute approximate surface area is 136 Å². The normalized spacial score (nSPS) is 11.5. The predicted octanol–water partition coefficient (Wildman–Crippen LogP) is 2.74. The topological polar surface area (TPSA) is 85.9 Å². The molecule has 2 aromatic heterocycles. The van der Waals surface area contributed by atoms with Gasteiger partial charge in [0.05, 0.1) is 5.69 Å². The molecule has 0 aliphatic heterocycles. The second kappa shape index (κ2) is 6.06. The van der Waals surface area contributed by atoms with E-state index in [1.165, 1.54) is 6.20 Å². The van der Waals surface area contributed by atoms with E-state index in [2.05, 4.69) is 9.97 Å². The van der Waals surface area contributed by atoms with Crippen LogP contribution in [-0.4, -0.2) is 18.4 Å². The molecule has 0 bridgehead atoms. The van der Waals surface area contributed by atoms with Crippen molar-refractivity contribution in [1.29, 1.82) is 0 Å². The first kappa shape index (κ1) is 16.2. The maximum atomic E-state index is 14.4. The van der Waals surface area contributed by atoms with Gasteiger partial charge in [-0.1, -0.05) is 6.07 Å². The average molecular weight is 347 g/mol. The number of rotatable bonds is 3. The third-order valence-electron chi connectivity index (χ3n) is 3.36. The van der Waals surface area contributed by atoms with Crippen LogP contribution in [0.3, 0.4) is 0 Å². The van der Waals surface area contributed by atoms with Crippen LogP contribution in [0.15, 0.2) is 59.9 Å². The van der Waals surface area contributed by atoms with Crippen LogP contribution in [0.4, 0.5) is 8.78 Å². The monoisotopic (exact) mass is 347 g/mol. The molecule has 0 unspecified atom stereocenters. The zero-order valence-corrected chi connectivity index (χ0v) is 13.0. The maximum Gasteiger partial charge on any atom is 0.241 e.